The number of ether oxygens (including phenoxy) is 4. The van der Waals surface area contributed by atoms with Crippen molar-refractivity contribution in [3.63, 3.8) is 0 Å². The lowest BCUT2D eigenvalue weighted by Gasteiger charge is -2.30. The Bertz CT molecular complexity index is 2340. The molecule has 0 unspecified atom stereocenters. The minimum absolute atomic E-state index is 0.0309. The number of hydrogen-bond acceptors (Lipinski definition) is 11. The van der Waals surface area contributed by atoms with Crippen LogP contribution in [0.3, 0.4) is 0 Å². The molecule has 5 rings (SSSR count). The topological polar surface area (TPSA) is 181 Å². The number of nitrogens with one attached hydrogen (secondary N) is 1. The molecule has 4 aromatic rings. The van der Waals surface area contributed by atoms with E-state index < -0.39 is 71.9 Å². The van der Waals surface area contributed by atoms with Crippen molar-refractivity contribution in [3.8, 4) is 0 Å². The Morgan fingerprint density at radius 2 is 1.05 bits per heavy atom. The molecule has 0 aromatic heterocycles. The molecule has 4 N–H and O–H groups in total. The number of methoxy groups -OCH3 is 2. The zero-order valence-corrected chi connectivity index (χ0v) is 45.4. The van der Waals surface area contributed by atoms with E-state index in [1.165, 1.54) is 43.4 Å². The van der Waals surface area contributed by atoms with E-state index in [9.17, 15) is 60.8 Å². The number of hydrogen-bond donors (Lipinski definition) is 4. The fraction of sp³-hybridized carbons (Fsp3) is 0.525. The molecule has 4 aromatic carbocycles. The van der Waals surface area contributed by atoms with Gasteiger partial charge in [0.15, 0.2) is 6.04 Å². The molecule has 19 heteroatoms. The van der Waals surface area contributed by atoms with Gasteiger partial charge in [0, 0.05) is 6.61 Å². The highest BCUT2D eigenvalue weighted by atomic mass is 19.4. The average molecular weight is 1110 g/mol. The van der Waals surface area contributed by atoms with Crippen molar-refractivity contribution in [2.45, 2.75) is 148 Å². The zero-order valence-electron chi connectivity index (χ0n) is 45.4. The highest BCUT2D eigenvalue weighted by Gasteiger charge is 2.46. The maximum Gasteiger partial charge on any atom is 0.416 e. The van der Waals surface area contributed by atoms with Crippen LogP contribution in [0.2, 0.25) is 0 Å². The standard InChI is InChI=1S/C30H40F3NO5.C17H25F3O2.C12H13NO4/c1-4-5-13-26(21(2)35)24(19-22-15-17-25(18-16-22)30(31,32)33)12-9-14-27(28(36)38-3)34-29(37)39-20-23-10-7-6-8-11-23;1-3-4-5-16(12(2)22)14(11-21)10-13-6-8-15(9-7-13)17(18,19)20;1-16-11(14)10-7-13(10)12(15)17-8-9-5-3-2-4-6-9/h6-8,10-11,15-18,21,24,26-27,35H,4-5,9,12-14,19-20H2,1-3H3,(H,34,37);6-9,12,14,16,21-22H,3-5,10-11H2,1-2H3;2-6,10H,7-8H2,1H3/t21-,24+,26-,27-;12-,14-,16-;10-,13?/m000/s1. The molecule has 1 aliphatic rings. The van der Waals surface area contributed by atoms with E-state index in [0.29, 0.717) is 32.2 Å². The van der Waals surface area contributed by atoms with Gasteiger partial charge < -0.3 is 39.6 Å². The number of alkyl carbamates (subject to hydrolysis) is 1. The molecule has 8 atom stereocenters. The number of nitrogens with zero attached hydrogens (tertiary/aromatic N) is 1. The summed E-state index contributed by atoms with van der Waals surface area (Å²) in [4.78, 5) is 48.6. The molecule has 78 heavy (non-hydrogen) atoms. The Balaban J connectivity index is 0.000000343. The number of esters is 2. The van der Waals surface area contributed by atoms with Crippen molar-refractivity contribution < 1.29 is 79.8 Å². The summed E-state index contributed by atoms with van der Waals surface area (Å²) < 4.78 is 96.4. The number of carbonyl (C=O) groups excluding carboxylic acids is 4. The molecular formula is C59H78F6N2O11. The van der Waals surface area contributed by atoms with Gasteiger partial charge in [-0.25, -0.2) is 19.2 Å². The molecule has 0 bridgehead atoms. The number of amides is 2. The van der Waals surface area contributed by atoms with Crippen molar-refractivity contribution in [1.82, 2.24) is 10.2 Å². The lowest BCUT2D eigenvalue weighted by molar-refractivity contribution is -0.143. The third kappa shape index (κ3) is 23.8. The predicted octanol–water partition coefficient (Wildman–Crippen LogP) is 11.9. The molecule has 1 heterocycles. The lowest BCUT2D eigenvalue weighted by Crippen LogP contribution is -2.41. The van der Waals surface area contributed by atoms with Gasteiger partial charge in [-0.1, -0.05) is 131 Å². The van der Waals surface area contributed by atoms with Gasteiger partial charge in [-0.2, -0.15) is 26.3 Å². The molecule has 0 radical (unpaired) electrons. The van der Waals surface area contributed by atoms with E-state index >= 15 is 0 Å². The van der Waals surface area contributed by atoms with E-state index in [1.54, 1.807) is 13.8 Å². The first-order valence-corrected chi connectivity index (χ1v) is 26.5. The van der Waals surface area contributed by atoms with Crippen molar-refractivity contribution in [1.29, 1.82) is 0 Å². The van der Waals surface area contributed by atoms with Gasteiger partial charge in [0.25, 0.3) is 0 Å². The number of carbonyl (C=O) groups is 4. The van der Waals surface area contributed by atoms with Crippen LogP contribution in [0.1, 0.15) is 119 Å². The van der Waals surface area contributed by atoms with Gasteiger partial charge in [0.2, 0.25) is 0 Å². The third-order valence-electron chi connectivity index (χ3n) is 13.6. The van der Waals surface area contributed by atoms with Crippen LogP contribution in [-0.4, -0.2) is 96.0 Å². The summed E-state index contributed by atoms with van der Waals surface area (Å²) in [5.74, 6) is -1.29. The first kappa shape index (κ1) is 66.1. The normalized spacial score (nSPS) is 15.7. The van der Waals surface area contributed by atoms with Crippen LogP contribution >= 0.6 is 0 Å². The number of alkyl halides is 6. The second-order valence-electron chi connectivity index (χ2n) is 19.5. The monoisotopic (exact) mass is 1100 g/mol. The summed E-state index contributed by atoms with van der Waals surface area (Å²) in [6.07, 6.45) is -3.30. The Kier molecular flexibility index (Phi) is 28.8. The first-order valence-electron chi connectivity index (χ1n) is 26.5. The third-order valence-corrected chi connectivity index (χ3v) is 13.6. The second kappa shape index (κ2) is 34.0. The number of benzene rings is 4. The molecule has 0 saturated carbocycles. The zero-order chi connectivity index (χ0) is 57.8. The first-order chi connectivity index (χ1) is 37.1. The summed E-state index contributed by atoms with van der Waals surface area (Å²) in [5.41, 5.74) is 1.85. The molecule has 13 nitrogen and oxygen atoms in total. The summed E-state index contributed by atoms with van der Waals surface area (Å²) in [6, 6.07) is 27.3. The minimum atomic E-state index is -4.40. The van der Waals surface area contributed by atoms with Crippen LogP contribution in [0.25, 0.3) is 0 Å². The van der Waals surface area contributed by atoms with Crippen molar-refractivity contribution in [2.75, 3.05) is 27.4 Å². The fourth-order valence-corrected chi connectivity index (χ4v) is 9.07. The van der Waals surface area contributed by atoms with E-state index in [4.69, 9.17) is 14.2 Å². The molecular weight excluding hydrogens is 1030 g/mol. The minimum Gasteiger partial charge on any atom is -0.467 e. The average Bonchev–Trinajstić information content (AvgIpc) is 4.24. The fourth-order valence-electron chi connectivity index (χ4n) is 9.07. The molecule has 0 spiro atoms. The van der Waals surface area contributed by atoms with Gasteiger partial charge in [-0.15, -0.1) is 0 Å². The summed E-state index contributed by atoms with van der Waals surface area (Å²) in [6.45, 7) is 8.13. The van der Waals surface area contributed by atoms with Gasteiger partial charge in [0.05, 0.1) is 44.1 Å². The van der Waals surface area contributed by atoms with Crippen molar-refractivity contribution in [3.05, 3.63) is 143 Å². The molecule has 1 fully saturated rings. The van der Waals surface area contributed by atoms with Crippen LogP contribution in [0, 0.1) is 23.7 Å². The van der Waals surface area contributed by atoms with Gasteiger partial charge in [-0.05, 0) is 123 Å². The number of rotatable bonds is 26. The summed E-state index contributed by atoms with van der Waals surface area (Å²) in [5, 5.41) is 32.6. The molecule has 2 amide bonds. The van der Waals surface area contributed by atoms with Crippen LogP contribution < -0.4 is 5.32 Å². The Hall–Kier alpha value is -6.18. The van der Waals surface area contributed by atoms with Crippen LogP contribution in [0.15, 0.2) is 109 Å². The quantitative estimate of drug-likeness (QED) is 0.0203. The number of aliphatic hydroxyl groups is 3. The van der Waals surface area contributed by atoms with Crippen molar-refractivity contribution in [2.24, 2.45) is 23.7 Å². The molecule has 1 aliphatic heterocycles. The number of halogens is 6. The predicted molar refractivity (Wildman–Crippen MR) is 282 cm³/mol. The van der Waals surface area contributed by atoms with E-state index in [2.05, 4.69) is 23.9 Å². The van der Waals surface area contributed by atoms with Crippen LogP contribution in [-0.2, 0) is 66.9 Å². The lowest BCUT2D eigenvalue weighted by atomic mass is 9.77. The van der Waals surface area contributed by atoms with Gasteiger partial charge in [0.1, 0.15) is 19.3 Å². The smallest absolute Gasteiger partial charge is 0.416 e. The Morgan fingerprint density at radius 3 is 1.46 bits per heavy atom. The summed E-state index contributed by atoms with van der Waals surface area (Å²) in [7, 11) is 2.54. The van der Waals surface area contributed by atoms with Gasteiger partial charge in [-0.3, -0.25) is 4.90 Å². The Labute approximate surface area is 454 Å². The largest absolute Gasteiger partial charge is 0.467 e. The maximum absolute atomic E-state index is 13.0. The van der Waals surface area contributed by atoms with E-state index in [-0.39, 0.29) is 49.9 Å². The van der Waals surface area contributed by atoms with Gasteiger partial charge >= 0.3 is 36.5 Å². The number of aliphatic hydroxyl groups excluding tert-OH is 3. The SMILES string of the molecule is CCCC[C@H]([C@H](CCC[C@H](NC(=O)OCc1ccccc1)C(=O)OC)Cc1ccc(C(F)(F)F)cc1)[C@H](C)O.CCCC[C@H]([C@H](CO)Cc1ccc(C(F)(F)F)cc1)[C@H](C)O.COC(=O)[C@@H]1CN1C(=O)OCc1ccccc1. The highest BCUT2D eigenvalue weighted by Crippen LogP contribution is 2.34. The highest BCUT2D eigenvalue weighted by molar-refractivity contribution is 5.86. The van der Waals surface area contributed by atoms with E-state index in [0.717, 1.165) is 85.0 Å². The molecule has 1 saturated heterocycles. The maximum atomic E-state index is 13.0. The second-order valence-corrected chi connectivity index (χ2v) is 19.5. The van der Waals surface area contributed by atoms with E-state index in [1.807, 2.05) is 60.7 Å². The number of unbranched alkanes of at least 4 members (excludes halogenated alkanes) is 2. The Morgan fingerprint density at radius 1 is 0.603 bits per heavy atom. The van der Waals surface area contributed by atoms with Crippen LogP contribution in [0.5, 0.6) is 0 Å². The van der Waals surface area contributed by atoms with Crippen molar-refractivity contribution >= 4 is 24.1 Å². The summed E-state index contributed by atoms with van der Waals surface area (Å²) >= 11 is 0. The van der Waals surface area contributed by atoms with Crippen LogP contribution in [0.4, 0.5) is 35.9 Å². The molecule has 0 aliphatic carbocycles. The molecule has 432 valence electrons.